The molecule has 0 bridgehead atoms. The molecule has 3 heterocycles. The Morgan fingerprint density at radius 2 is 1.66 bits per heavy atom. The number of rotatable bonds is 5. The van der Waals surface area contributed by atoms with Gasteiger partial charge in [0.05, 0.1) is 49.4 Å². The second-order valence-electron chi connectivity index (χ2n) is 8.13. The first-order valence-corrected chi connectivity index (χ1v) is 11.2. The van der Waals surface area contributed by atoms with Gasteiger partial charge in [0.25, 0.3) is 0 Å². The van der Waals surface area contributed by atoms with E-state index in [1.54, 1.807) is 0 Å². The molecule has 7 nitrogen and oxygen atoms in total. The first-order valence-electron chi connectivity index (χ1n) is 11.2. The Morgan fingerprint density at radius 3 is 2.41 bits per heavy atom. The summed E-state index contributed by atoms with van der Waals surface area (Å²) >= 11 is 0. The molecule has 0 amide bonds. The molecule has 0 aliphatic carbocycles. The van der Waals surface area contributed by atoms with Gasteiger partial charge in [-0.1, -0.05) is 30.3 Å². The number of nitrogens with one attached hydrogen (secondary N) is 2. The largest absolute Gasteiger partial charge is 0.379 e. The van der Waals surface area contributed by atoms with Gasteiger partial charge in [-0.2, -0.15) is 0 Å². The van der Waals surface area contributed by atoms with E-state index in [0.29, 0.717) is 25.6 Å². The van der Waals surface area contributed by atoms with Crippen LogP contribution in [0.1, 0.15) is 11.1 Å². The summed E-state index contributed by atoms with van der Waals surface area (Å²) in [5.41, 5.74) is 5.04. The monoisotopic (exact) mass is 431 g/mol. The normalized spacial score (nSPS) is 16.9. The first-order chi connectivity index (χ1) is 15.8. The second-order valence-corrected chi connectivity index (χ2v) is 8.13. The number of hydrogen-bond acceptors (Lipinski definition) is 6. The maximum absolute atomic E-state index is 9.11. The molecule has 2 N–H and O–H groups in total. The van der Waals surface area contributed by atoms with Crippen LogP contribution in [0.5, 0.6) is 0 Å². The number of aromatic nitrogens is 1. The van der Waals surface area contributed by atoms with Crippen LogP contribution in [0, 0.1) is 5.41 Å². The van der Waals surface area contributed by atoms with Gasteiger partial charge in [0.2, 0.25) is 0 Å². The molecule has 0 atom stereocenters. The number of morpholine rings is 2. The topological polar surface area (TPSA) is 73.7 Å². The molecule has 32 heavy (non-hydrogen) atoms. The van der Waals surface area contributed by atoms with Gasteiger partial charge < -0.3 is 24.6 Å². The molecule has 0 radical (unpaired) electrons. The third-order valence-electron chi connectivity index (χ3n) is 6.12. The highest BCUT2D eigenvalue weighted by molar-refractivity contribution is 6.12. The molecular weight excluding hydrogens is 402 g/mol. The number of anilines is 2. The van der Waals surface area contributed by atoms with Crippen molar-refractivity contribution >= 4 is 28.1 Å². The Hall–Kier alpha value is -3.16. The van der Waals surface area contributed by atoms with Gasteiger partial charge in [-0.3, -0.25) is 10.4 Å². The van der Waals surface area contributed by atoms with E-state index in [1.807, 2.05) is 24.4 Å². The molecule has 0 spiro atoms. The third-order valence-corrected chi connectivity index (χ3v) is 6.12. The number of amidine groups is 1. The van der Waals surface area contributed by atoms with E-state index in [9.17, 15) is 0 Å². The maximum Gasteiger partial charge on any atom is 0.131 e. The minimum absolute atomic E-state index is 0.524. The smallest absolute Gasteiger partial charge is 0.131 e. The summed E-state index contributed by atoms with van der Waals surface area (Å²) in [5.74, 6) is 0.524. The van der Waals surface area contributed by atoms with Gasteiger partial charge in [0, 0.05) is 43.8 Å². The molecule has 166 valence electrons. The number of hydrogen-bond donors (Lipinski definition) is 2. The molecule has 0 saturated carbocycles. The summed E-state index contributed by atoms with van der Waals surface area (Å²) in [5, 5.41) is 13.7. The summed E-state index contributed by atoms with van der Waals surface area (Å²) in [7, 11) is 0. The quantitative estimate of drug-likeness (QED) is 0.477. The van der Waals surface area contributed by atoms with Crippen LogP contribution in [-0.2, 0) is 16.0 Å². The number of pyridine rings is 1. The van der Waals surface area contributed by atoms with Crippen LogP contribution in [0.3, 0.4) is 0 Å². The summed E-state index contributed by atoms with van der Waals surface area (Å²) < 4.78 is 11.0. The molecule has 2 aliphatic rings. The first kappa shape index (κ1) is 20.7. The Kier molecular flexibility index (Phi) is 6.18. The van der Waals surface area contributed by atoms with Crippen LogP contribution in [0.4, 0.5) is 11.4 Å². The molecule has 7 heteroatoms. The zero-order chi connectivity index (χ0) is 21.8. The molecule has 1 aromatic heterocycles. The zero-order valence-electron chi connectivity index (χ0n) is 18.2. The van der Waals surface area contributed by atoms with E-state index in [4.69, 9.17) is 19.9 Å². The fourth-order valence-corrected chi connectivity index (χ4v) is 4.33. The lowest BCUT2D eigenvalue weighted by molar-refractivity contribution is 0.0680. The van der Waals surface area contributed by atoms with Gasteiger partial charge in [0.1, 0.15) is 5.84 Å². The number of ether oxygens (including phenoxy) is 2. The third kappa shape index (κ3) is 4.40. The Labute approximate surface area is 188 Å². The van der Waals surface area contributed by atoms with E-state index in [1.165, 1.54) is 5.56 Å². The predicted molar refractivity (Wildman–Crippen MR) is 128 cm³/mol. The SMILES string of the molecule is N=C(c1c(NCc2ccccc2)cnc2ccc(N3CCOCC3)cc12)N1CCOCC1. The van der Waals surface area contributed by atoms with Gasteiger partial charge in [0.15, 0.2) is 0 Å². The average molecular weight is 432 g/mol. The lowest BCUT2D eigenvalue weighted by Gasteiger charge is -2.31. The van der Waals surface area contributed by atoms with Gasteiger partial charge in [-0.25, -0.2) is 0 Å². The maximum atomic E-state index is 9.11. The van der Waals surface area contributed by atoms with Crippen molar-refractivity contribution in [1.82, 2.24) is 9.88 Å². The van der Waals surface area contributed by atoms with E-state index in [-0.39, 0.29) is 0 Å². The van der Waals surface area contributed by atoms with Crippen molar-refractivity contribution in [3.05, 3.63) is 65.9 Å². The fraction of sp³-hybridized carbons (Fsp3) is 0.360. The molecule has 2 fully saturated rings. The van der Waals surface area contributed by atoms with E-state index in [2.05, 4.69) is 45.4 Å². The van der Waals surface area contributed by atoms with E-state index in [0.717, 1.165) is 67.2 Å². The van der Waals surface area contributed by atoms with Crippen LogP contribution in [-0.4, -0.2) is 68.3 Å². The molecule has 2 aliphatic heterocycles. The number of benzene rings is 2. The highest BCUT2D eigenvalue weighted by Crippen LogP contribution is 2.30. The van der Waals surface area contributed by atoms with Crippen LogP contribution in [0.25, 0.3) is 10.9 Å². The molecule has 3 aromatic rings. The van der Waals surface area contributed by atoms with Crippen LogP contribution in [0.2, 0.25) is 0 Å². The highest BCUT2D eigenvalue weighted by atomic mass is 16.5. The van der Waals surface area contributed by atoms with Crippen molar-refractivity contribution in [3.8, 4) is 0 Å². The Morgan fingerprint density at radius 1 is 0.938 bits per heavy atom. The summed E-state index contributed by atoms with van der Waals surface area (Å²) in [6, 6.07) is 16.7. The second kappa shape index (κ2) is 9.54. The Bertz CT molecular complexity index is 1080. The molecule has 2 aromatic carbocycles. The van der Waals surface area contributed by atoms with Crippen molar-refractivity contribution in [2.45, 2.75) is 6.54 Å². The minimum Gasteiger partial charge on any atom is -0.379 e. The van der Waals surface area contributed by atoms with Crippen molar-refractivity contribution in [3.63, 3.8) is 0 Å². The van der Waals surface area contributed by atoms with Crippen molar-refractivity contribution in [2.24, 2.45) is 0 Å². The zero-order valence-corrected chi connectivity index (χ0v) is 18.2. The number of nitrogens with zero attached hydrogens (tertiary/aromatic N) is 3. The standard InChI is InChI=1S/C25H29N5O2/c26-25(30-10-14-32-15-11-30)24-21-16-20(29-8-12-31-13-9-29)6-7-22(21)28-18-23(24)27-17-19-4-2-1-3-5-19/h1-7,16,18,26-27H,8-15,17H2. The van der Waals surface area contributed by atoms with Gasteiger partial charge in [-0.05, 0) is 23.8 Å². The lowest BCUT2D eigenvalue weighted by atomic mass is 10.0. The number of fused-ring (bicyclic) bond motifs is 1. The summed E-state index contributed by atoms with van der Waals surface area (Å²) in [6.45, 7) is 6.67. The Balaban J connectivity index is 1.54. The molecule has 0 unspecified atom stereocenters. The molecular formula is C25H29N5O2. The van der Waals surface area contributed by atoms with Crippen LogP contribution >= 0.6 is 0 Å². The van der Waals surface area contributed by atoms with Gasteiger partial charge in [-0.15, -0.1) is 0 Å². The van der Waals surface area contributed by atoms with Crippen molar-refractivity contribution in [2.75, 3.05) is 62.8 Å². The van der Waals surface area contributed by atoms with Crippen LogP contribution in [0.15, 0.2) is 54.7 Å². The average Bonchev–Trinajstić information content (AvgIpc) is 2.88. The molecule has 2 saturated heterocycles. The summed E-state index contributed by atoms with van der Waals surface area (Å²) in [6.07, 6.45) is 1.87. The molecule has 5 rings (SSSR count). The minimum atomic E-state index is 0.524. The lowest BCUT2D eigenvalue weighted by Crippen LogP contribution is -2.41. The fourth-order valence-electron chi connectivity index (χ4n) is 4.33. The van der Waals surface area contributed by atoms with E-state index >= 15 is 0 Å². The van der Waals surface area contributed by atoms with Crippen molar-refractivity contribution in [1.29, 1.82) is 5.41 Å². The summed E-state index contributed by atoms with van der Waals surface area (Å²) in [4.78, 5) is 9.17. The van der Waals surface area contributed by atoms with Crippen LogP contribution < -0.4 is 10.2 Å². The van der Waals surface area contributed by atoms with Crippen molar-refractivity contribution < 1.29 is 9.47 Å². The highest BCUT2D eigenvalue weighted by Gasteiger charge is 2.22. The predicted octanol–water partition coefficient (Wildman–Crippen LogP) is 3.34. The van der Waals surface area contributed by atoms with E-state index < -0.39 is 0 Å². The van der Waals surface area contributed by atoms with Gasteiger partial charge >= 0.3 is 0 Å².